The van der Waals surface area contributed by atoms with Crippen molar-refractivity contribution in [3.05, 3.63) is 254 Å². The lowest BCUT2D eigenvalue weighted by Gasteiger charge is -2.34. The van der Waals surface area contributed by atoms with Crippen LogP contribution in [0.1, 0.15) is 160 Å². The molecule has 0 aliphatic heterocycles. The lowest BCUT2D eigenvalue weighted by molar-refractivity contribution is 0.112. The first-order valence-corrected chi connectivity index (χ1v) is 27.1. The zero-order valence-electron chi connectivity index (χ0n) is 45.8. The summed E-state index contributed by atoms with van der Waals surface area (Å²) in [4.78, 5) is 14.7. The molecule has 0 atom stereocenters. The molecule has 0 amide bonds. The van der Waals surface area contributed by atoms with Gasteiger partial charge in [0, 0.05) is 22.6 Å². The van der Waals surface area contributed by atoms with Gasteiger partial charge in [0.2, 0.25) is 0 Å². The summed E-state index contributed by atoms with van der Waals surface area (Å²) >= 11 is 0. The van der Waals surface area contributed by atoms with Gasteiger partial charge in [-0.05, 0) is 181 Å². The highest BCUT2D eigenvalue weighted by molar-refractivity contribution is 5.99. The molecule has 2 nitrogen and oxygen atoms in total. The lowest BCUT2D eigenvalue weighted by atomic mass is 9.68. The summed E-state index contributed by atoms with van der Waals surface area (Å²) in [6.07, 6.45) is 0.941. The van der Waals surface area contributed by atoms with Crippen molar-refractivity contribution in [3.8, 4) is 44.5 Å². The van der Waals surface area contributed by atoms with Crippen molar-refractivity contribution in [2.45, 2.75) is 116 Å². The number of nitrogens with zero attached hydrogens (tertiary/aromatic N) is 1. The van der Waals surface area contributed by atoms with Crippen molar-refractivity contribution >= 4 is 23.3 Å². The summed E-state index contributed by atoms with van der Waals surface area (Å²) < 4.78 is 0. The Morgan fingerprint density at radius 3 is 1.01 bits per heavy atom. The molecule has 0 heterocycles. The zero-order valence-corrected chi connectivity index (χ0v) is 45.8. The van der Waals surface area contributed by atoms with Crippen molar-refractivity contribution in [1.29, 1.82) is 0 Å². The van der Waals surface area contributed by atoms with Crippen LogP contribution in [-0.4, -0.2) is 6.29 Å². The van der Waals surface area contributed by atoms with Crippen LogP contribution in [0.5, 0.6) is 0 Å². The predicted octanol–water partition coefficient (Wildman–Crippen LogP) is 18.8. The van der Waals surface area contributed by atoms with Gasteiger partial charge in [-0.15, -0.1) is 0 Å². The van der Waals surface area contributed by atoms with Gasteiger partial charge < -0.3 is 4.90 Å². The number of benzene rings is 9. The van der Waals surface area contributed by atoms with Crippen LogP contribution in [0.15, 0.2) is 182 Å². The Morgan fingerprint density at radius 2 is 0.600 bits per heavy atom. The van der Waals surface area contributed by atoms with Crippen LogP contribution in [0.2, 0.25) is 0 Å². The van der Waals surface area contributed by atoms with E-state index < -0.39 is 10.8 Å². The van der Waals surface area contributed by atoms with E-state index in [0.29, 0.717) is 5.56 Å². The molecule has 0 aromatic heterocycles. The molecule has 370 valence electrons. The minimum Gasteiger partial charge on any atom is -0.310 e. The third-order valence-electron chi connectivity index (χ3n) is 17.6. The molecule has 13 rings (SSSR count). The molecule has 2 spiro atoms. The van der Waals surface area contributed by atoms with E-state index >= 15 is 0 Å². The second-order valence-corrected chi connectivity index (χ2v) is 26.1. The Kier molecular flexibility index (Phi) is 9.91. The van der Waals surface area contributed by atoms with Crippen LogP contribution in [0, 0.1) is 0 Å². The maximum Gasteiger partial charge on any atom is 0.150 e. The summed E-state index contributed by atoms with van der Waals surface area (Å²) in [5.41, 5.74) is 28.8. The summed E-state index contributed by atoms with van der Waals surface area (Å²) in [5, 5.41) is 0. The number of hydrogen-bond acceptors (Lipinski definition) is 2. The molecule has 2 heteroatoms. The highest BCUT2D eigenvalue weighted by Gasteiger charge is 2.54. The number of rotatable bonds is 4. The molecule has 0 saturated heterocycles. The number of hydrogen-bond donors (Lipinski definition) is 0. The topological polar surface area (TPSA) is 20.3 Å². The number of anilines is 3. The average Bonchev–Trinajstić information content (AvgIpc) is 4.16. The van der Waals surface area contributed by atoms with E-state index in [2.05, 4.69) is 258 Å². The highest BCUT2D eigenvalue weighted by atomic mass is 16.1. The molecule has 0 fully saturated rings. The van der Waals surface area contributed by atoms with E-state index in [9.17, 15) is 4.79 Å². The second-order valence-electron chi connectivity index (χ2n) is 26.1. The SMILES string of the molecule is CC(C)(C)c1ccc2c(c1)C1(c3ccccc3-c3cc(N(c4ccc(C=O)cc4)c4ccc5c(c4)C4(c6ccccc6-5)c5cc(C(C)(C)C)ccc5-c5ccc(C(C)(C)C)cc54)ccc31)c1cc(C(C)(C)C)ccc1-2. The van der Waals surface area contributed by atoms with Crippen LogP contribution in [0.25, 0.3) is 44.5 Å². The van der Waals surface area contributed by atoms with E-state index in [1.807, 2.05) is 12.1 Å². The van der Waals surface area contributed by atoms with Crippen LogP contribution in [-0.2, 0) is 32.5 Å². The Hall–Kier alpha value is -7.55. The average molecular weight is 974 g/mol. The maximum absolute atomic E-state index is 12.3. The van der Waals surface area contributed by atoms with Crippen LogP contribution >= 0.6 is 0 Å². The fraction of sp³-hybridized carbons (Fsp3) is 0.247. The first-order valence-electron chi connectivity index (χ1n) is 27.1. The summed E-state index contributed by atoms with van der Waals surface area (Å²) in [5.74, 6) is 0. The second kappa shape index (κ2) is 15.7. The Morgan fingerprint density at radius 1 is 0.293 bits per heavy atom. The molecule has 0 N–H and O–H groups in total. The molecule has 4 aliphatic rings. The molecule has 0 unspecified atom stereocenters. The Bertz CT molecular complexity index is 3760. The fourth-order valence-electron chi connectivity index (χ4n) is 13.6. The molecule has 9 aromatic rings. The third kappa shape index (κ3) is 6.60. The molecule has 75 heavy (non-hydrogen) atoms. The normalized spacial score (nSPS) is 14.9. The smallest absolute Gasteiger partial charge is 0.150 e. The van der Waals surface area contributed by atoms with Crippen LogP contribution in [0.4, 0.5) is 17.1 Å². The van der Waals surface area contributed by atoms with Gasteiger partial charge in [-0.3, -0.25) is 4.79 Å². The minimum atomic E-state index is -0.563. The van der Waals surface area contributed by atoms with Gasteiger partial charge in [0.1, 0.15) is 6.29 Å². The molecular weight excluding hydrogens is 907 g/mol. The van der Waals surface area contributed by atoms with E-state index in [0.717, 1.165) is 23.3 Å². The number of carbonyl (C=O) groups is 1. The maximum atomic E-state index is 12.3. The van der Waals surface area contributed by atoms with Crippen molar-refractivity contribution in [2.75, 3.05) is 4.90 Å². The van der Waals surface area contributed by atoms with E-state index in [1.54, 1.807) is 0 Å². The number of aldehydes is 1. The standard InChI is InChI=1S/C73H67NO/c1-68(2,3)45-23-31-54-55-32-24-46(69(4,5)6)38-64(55)72(63(54)37-45)61-20-16-14-18-53(61)59-41-50(30-36-62(59)72)74(49-27-21-44(43-75)22-28-49)51-29-35-58-52-17-13-15-19-60(52)73(67(58)42-51)65-39-47(70(7,8)9)25-33-56(65)57-34-26-48(40-66(57)73)71(10,11)12/h13-43H,1-12H3. The van der Waals surface area contributed by atoms with Gasteiger partial charge in [-0.2, -0.15) is 0 Å². The van der Waals surface area contributed by atoms with Crippen molar-refractivity contribution in [2.24, 2.45) is 0 Å². The molecule has 0 radical (unpaired) electrons. The molecule has 9 aromatic carbocycles. The van der Waals surface area contributed by atoms with E-state index in [1.165, 1.54) is 111 Å². The molecular formula is C73H67NO. The predicted molar refractivity (Wildman–Crippen MR) is 314 cm³/mol. The summed E-state index contributed by atoms with van der Waals surface area (Å²) in [6.45, 7) is 28.0. The largest absolute Gasteiger partial charge is 0.310 e. The third-order valence-corrected chi connectivity index (χ3v) is 17.6. The van der Waals surface area contributed by atoms with Crippen LogP contribution < -0.4 is 4.90 Å². The fourth-order valence-corrected chi connectivity index (χ4v) is 13.6. The van der Waals surface area contributed by atoms with Gasteiger partial charge in [-0.1, -0.05) is 217 Å². The van der Waals surface area contributed by atoms with E-state index in [4.69, 9.17) is 0 Å². The van der Waals surface area contributed by atoms with Crippen LogP contribution in [0.3, 0.4) is 0 Å². The number of carbonyl (C=O) groups excluding carboxylic acids is 1. The Balaban J connectivity index is 1.08. The quantitative estimate of drug-likeness (QED) is 0.164. The van der Waals surface area contributed by atoms with Crippen molar-refractivity contribution in [1.82, 2.24) is 0 Å². The van der Waals surface area contributed by atoms with Gasteiger partial charge in [0.05, 0.1) is 10.8 Å². The van der Waals surface area contributed by atoms with Gasteiger partial charge in [0.15, 0.2) is 0 Å². The van der Waals surface area contributed by atoms with Crippen molar-refractivity contribution < 1.29 is 4.79 Å². The summed E-state index contributed by atoms with van der Waals surface area (Å²) in [7, 11) is 0. The molecule has 0 bridgehead atoms. The number of fused-ring (bicyclic) bond motifs is 20. The zero-order chi connectivity index (χ0) is 52.4. The highest BCUT2D eigenvalue weighted by Crippen LogP contribution is 2.66. The van der Waals surface area contributed by atoms with Gasteiger partial charge in [-0.25, -0.2) is 0 Å². The first-order chi connectivity index (χ1) is 35.6. The minimum absolute atomic E-state index is 0.0332. The van der Waals surface area contributed by atoms with E-state index in [-0.39, 0.29) is 21.7 Å². The molecule has 0 saturated carbocycles. The molecule has 4 aliphatic carbocycles. The monoisotopic (exact) mass is 974 g/mol. The Labute approximate surface area is 445 Å². The summed E-state index contributed by atoms with van der Waals surface area (Å²) in [6, 6.07) is 70.1. The van der Waals surface area contributed by atoms with Gasteiger partial charge in [0.25, 0.3) is 0 Å². The van der Waals surface area contributed by atoms with Gasteiger partial charge >= 0.3 is 0 Å². The lowest BCUT2D eigenvalue weighted by Crippen LogP contribution is -2.28. The first kappa shape index (κ1) is 47.2. The van der Waals surface area contributed by atoms with Crippen molar-refractivity contribution in [3.63, 3.8) is 0 Å².